The first-order chi connectivity index (χ1) is 6.42. The van der Waals surface area contributed by atoms with Crippen LogP contribution in [0.25, 0.3) is 0 Å². The van der Waals surface area contributed by atoms with Gasteiger partial charge in [0.15, 0.2) is 0 Å². The summed E-state index contributed by atoms with van der Waals surface area (Å²) in [5.74, 6) is 0.731. The van der Waals surface area contributed by atoms with Crippen LogP contribution >= 0.6 is 0 Å². The molecular weight excluding hydrogens is 158 g/mol. The number of fused-ring (bicyclic) bond motifs is 1. The maximum absolute atomic E-state index is 5.62. The first-order valence-electron chi connectivity index (χ1n) is 5.19. The number of aryl methyl sites for hydroxylation is 1. The summed E-state index contributed by atoms with van der Waals surface area (Å²) in [7, 11) is 0. The SMILES string of the molecule is NCCC1CCCc2ccccc21. The second-order valence-electron chi connectivity index (χ2n) is 3.87. The van der Waals surface area contributed by atoms with Crippen molar-refractivity contribution >= 4 is 0 Å². The smallest absolute Gasteiger partial charge is 0.00714 e. The topological polar surface area (TPSA) is 26.0 Å². The molecule has 0 heterocycles. The highest BCUT2D eigenvalue weighted by Crippen LogP contribution is 2.33. The lowest BCUT2D eigenvalue weighted by Crippen LogP contribution is -2.13. The summed E-state index contributed by atoms with van der Waals surface area (Å²) >= 11 is 0. The third kappa shape index (κ3) is 1.75. The van der Waals surface area contributed by atoms with Gasteiger partial charge in [-0.15, -0.1) is 0 Å². The van der Waals surface area contributed by atoms with Gasteiger partial charge < -0.3 is 5.73 Å². The summed E-state index contributed by atoms with van der Waals surface area (Å²) in [4.78, 5) is 0. The van der Waals surface area contributed by atoms with Gasteiger partial charge in [0.1, 0.15) is 0 Å². The predicted octanol–water partition coefficient (Wildman–Crippen LogP) is 2.46. The molecule has 2 N–H and O–H groups in total. The lowest BCUT2D eigenvalue weighted by molar-refractivity contribution is 0.526. The third-order valence-corrected chi connectivity index (χ3v) is 3.01. The molecule has 0 bridgehead atoms. The second kappa shape index (κ2) is 3.93. The molecule has 1 aromatic carbocycles. The van der Waals surface area contributed by atoms with E-state index < -0.39 is 0 Å². The molecule has 1 aliphatic carbocycles. The molecule has 70 valence electrons. The van der Waals surface area contributed by atoms with Gasteiger partial charge in [0.25, 0.3) is 0 Å². The van der Waals surface area contributed by atoms with Crippen molar-refractivity contribution in [2.45, 2.75) is 31.6 Å². The monoisotopic (exact) mass is 175 g/mol. The minimum Gasteiger partial charge on any atom is -0.330 e. The van der Waals surface area contributed by atoms with E-state index in [1.807, 2.05) is 0 Å². The van der Waals surface area contributed by atoms with E-state index in [0.717, 1.165) is 18.9 Å². The Morgan fingerprint density at radius 1 is 1.31 bits per heavy atom. The molecule has 1 atom stereocenters. The lowest BCUT2D eigenvalue weighted by atomic mass is 9.81. The van der Waals surface area contributed by atoms with Crippen molar-refractivity contribution in [3.8, 4) is 0 Å². The molecule has 1 heteroatoms. The number of rotatable bonds is 2. The normalized spacial score (nSPS) is 21.2. The molecule has 1 aromatic rings. The Hall–Kier alpha value is -0.820. The number of hydrogen-bond acceptors (Lipinski definition) is 1. The van der Waals surface area contributed by atoms with Gasteiger partial charge in [-0.1, -0.05) is 24.3 Å². The Morgan fingerprint density at radius 2 is 2.15 bits per heavy atom. The first kappa shape index (κ1) is 8.76. The minimum absolute atomic E-state index is 0.731. The van der Waals surface area contributed by atoms with Gasteiger partial charge in [-0.2, -0.15) is 0 Å². The molecule has 0 spiro atoms. The zero-order valence-corrected chi connectivity index (χ0v) is 8.00. The molecule has 1 nitrogen and oxygen atoms in total. The highest BCUT2D eigenvalue weighted by atomic mass is 14.5. The van der Waals surface area contributed by atoms with Gasteiger partial charge in [0.05, 0.1) is 0 Å². The van der Waals surface area contributed by atoms with Gasteiger partial charge in [-0.3, -0.25) is 0 Å². The van der Waals surface area contributed by atoms with E-state index in [1.54, 1.807) is 11.1 Å². The van der Waals surface area contributed by atoms with Gasteiger partial charge >= 0.3 is 0 Å². The highest BCUT2D eigenvalue weighted by molar-refractivity contribution is 5.32. The third-order valence-electron chi connectivity index (χ3n) is 3.01. The Kier molecular flexibility index (Phi) is 2.65. The molecular formula is C12H17N. The molecule has 1 aliphatic rings. The lowest BCUT2D eigenvalue weighted by Gasteiger charge is -2.24. The highest BCUT2D eigenvalue weighted by Gasteiger charge is 2.18. The fraction of sp³-hybridized carbons (Fsp3) is 0.500. The number of hydrogen-bond donors (Lipinski definition) is 1. The van der Waals surface area contributed by atoms with Crippen molar-refractivity contribution in [1.82, 2.24) is 0 Å². The van der Waals surface area contributed by atoms with Crippen LogP contribution in [0, 0.1) is 0 Å². The van der Waals surface area contributed by atoms with Gasteiger partial charge in [-0.05, 0) is 49.3 Å². The quantitative estimate of drug-likeness (QED) is 0.734. The van der Waals surface area contributed by atoms with E-state index in [4.69, 9.17) is 5.73 Å². The predicted molar refractivity (Wildman–Crippen MR) is 55.8 cm³/mol. The van der Waals surface area contributed by atoms with Gasteiger partial charge in [-0.25, -0.2) is 0 Å². The van der Waals surface area contributed by atoms with E-state index in [0.29, 0.717) is 0 Å². The molecule has 2 rings (SSSR count). The fourth-order valence-corrected chi connectivity index (χ4v) is 2.36. The number of benzene rings is 1. The van der Waals surface area contributed by atoms with E-state index in [1.165, 1.54) is 19.3 Å². The standard InChI is InChI=1S/C12H17N/c13-9-8-11-6-3-5-10-4-1-2-7-12(10)11/h1-2,4,7,11H,3,5-6,8-9,13H2. The molecule has 0 amide bonds. The van der Waals surface area contributed by atoms with Crippen LogP contribution in [-0.4, -0.2) is 6.54 Å². The Labute approximate surface area is 80.0 Å². The largest absolute Gasteiger partial charge is 0.330 e. The van der Waals surface area contributed by atoms with Crippen LogP contribution in [0.4, 0.5) is 0 Å². The van der Waals surface area contributed by atoms with Crippen LogP contribution in [0.5, 0.6) is 0 Å². The van der Waals surface area contributed by atoms with Crippen LogP contribution in [0.15, 0.2) is 24.3 Å². The molecule has 0 saturated carbocycles. The van der Waals surface area contributed by atoms with Crippen LogP contribution in [0.2, 0.25) is 0 Å². The zero-order valence-electron chi connectivity index (χ0n) is 8.00. The first-order valence-corrected chi connectivity index (χ1v) is 5.19. The molecule has 0 saturated heterocycles. The maximum Gasteiger partial charge on any atom is -0.00714 e. The van der Waals surface area contributed by atoms with E-state index >= 15 is 0 Å². The van der Waals surface area contributed by atoms with Crippen LogP contribution in [0.3, 0.4) is 0 Å². The molecule has 0 aliphatic heterocycles. The van der Waals surface area contributed by atoms with Crippen LogP contribution in [-0.2, 0) is 6.42 Å². The Balaban J connectivity index is 2.26. The van der Waals surface area contributed by atoms with E-state index in [9.17, 15) is 0 Å². The van der Waals surface area contributed by atoms with Crippen molar-refractivity contribution in [3.63, 3.8) is 0 Å². The second-order valence-corrected chi connectivity index (χ2v) is 3.87. The Bertz CT molecular complexity index is 280. The van der Waals surface area contributed by atoms with Crippen molar-refractivity contribution in [2.75, 3.05) is 6.54 Å². The molecule has 0 radical (unpaired) electrons. The Morgan fingerprint density at radius 3 is 3.00 bits per heavy atom. The summed E-state index contributed by atoms with van der Waals surface area (Å²) in [6, 6.07) is 8.82. The van der Waals surface area contributed by atoms with Crippen molar-refractivity contribution in [2.24, 2.45) is 5.73 Å². The van der Waals surface area contributed by atoms with E-state index in [-0.39, 0.29) is 0 Å². The van der Waals surface area contributed by atoms with Gasteiger partial charge in [0, 0.05) is 0 Å². The fourth-order valence-electron chi connectivity index (χ4n) is 2.36. The average molecular weight is 175 g/mol. The summed E-state index contributed by atoms with van der Waals surface area (Å²) < 4.78 is 0. The van der Waals surface area contributed by atoms with E-state index in [2.05, 4.69) is 24.3 Å². The van der Waals surface area contributed by atoms with Gasteiger partial charge in [0.2, 0.25) is 0 Å². The van der Waals surface area contributed by atoms with Crippen molar-refractivity contribution in [3.05, 3.63) is 35.4 Å². The summed E-state index contributed by atoms with van der Waals surface area (Å²) in [5.41, 5.74) is 8.72. The maximum atomic E-state index is 5.62. The summed E-state index contributed by atoms with van der Waals surface area (Å²) in [6.07, 6.45) is 5.07. The molecule has 0 fully saturated rings. The number of nitrogens with two attached hydrogens (primary N) is 1. The molecule has 1 unspecified atom stereocenters. The van der Waals surface area contributed by atoms with Crippen LogP contribution in [0.1, 0.15) is 36.3 Å². The van der Waals surface area contributed by atoms with Crippen LogP contribution < -0.4 is 5.73 Å². The zero-order chi connectivity index (χ0) is 9.10. The minimum atomic E-state index is 0.731. The summed E-state index contributed by atoms with van der Waals surface area (Å²) in [6.45, 7) is 0.818. The average Bonchev–Trinajstić information content (AvgIpc) is 2.19. The molecule has 0 aromatic heterocycles. The molecule has 13 heavy (non-hydrogen) atoms. The van der Waals surface area contributed by atoms with Crippen molar-refractivity contribution in [1.29, 1.82) is 0 Å². The van der Waals surface area contributed by atoms with Crippen molar-refractivity contribution < 1.29 is 0 Å². The summed E-state index contributed by atoms with van der Waals surface area (Å²) in [5, 5.41) is 0.